The van der Waals surface area contributed by atoms with Crippen LogP contribution in [-0.4, -0.2) is 9.97 Å². The van der Waals surface area contributed by atoms with E-state index in [0.717, 1.165) is 16.7 Å². The summed E-state index contributed by atoms with van der Waals surface area (Å²) in [5, 5.41) is 9.97. The second kappa shape index (κ2) is 4.63. The average Bonchev–Trinajstić information content (AvgIpc) is 2.48. The van der Waals surface area contributed by atoms with Crippen LogP contribution in [0.1, 0.15) is 11.3 Å². The Hall–Kier alpha value is -2.93. The first kappa shape index (κ1) is 12.1. The molecule has 20 heavy (non-hydrogen) atoms. The fourth-order valence-corrected chi connectivity index (χ4v) is 2.26. The predicted octanol–water partition coefficient (Wildman–Crippen LogP) is 2.77. The van der Waals surface area contributed by atoms with Crippen molar-refractivity contribution in [3.63, 3.8) is 0 Å². The maximum Gasteiger partial charge on any atom is 0.275 e. The molecule has 0 unspecified atom stereocenters. The minimum absolute atomic E-state index is 0.263. The molecule has 0 amide bonds. The van der Waals surface area contributed by atoms with Crippen molar-refractivity contribution in [3.8, 4) is 17.2 Å². The van der Waals surface area contributed by atoms with Crippen LogP contribution in [0, 0.1) is 18.3 Å². The number of aryl methyl sites for hydroxylation is 1. The van der Waals surface area contributed by atoms with Crippen LogP contribution in [0.5, 0.6) is 0 Å². The highest BCUT2D eigenvalue weighted by molar-refractivity contribution is 5.96. The lowest BCUT2D eigenvalue weighted by Crippen LogP contribution is -2.11. The van der Waals surface area contributed by atoms with Crippen molar-refractivity contribution >= 4 is 10.9 Å². The van der Waals surface area contributed by atoms with Crippen LogP contribution < -0.4 is 5.56 Å². The second-order valence-corrected chi connectivity index (χ2v) is 4.58. The molecule has 96 valence electrons. The number of H-pyrrole nitrogens is 1. The number of aromatic amines is 1. The summed E-state index contributed by atoms with van der Waals surface area (Å²) in [7, 11) is 0. The maximum absolute atomic E-state index is 11.9. The van der Waals surface area contributed by atoms with Crippen molar-refractivity contribution in [1.29, 1.82) is 5.26 Å². The van der Waals surface area contributed by atoms with Gasteiger partial charge in [-0.3, -0.25) is 9.78 Å². The lowest BCUT2D eigenvalue weighted by Gasteiger charge is -2.08. The van der Waals surface area contributed by atoms with Gasteiger partial charge in [0.1, 0.15) is 17.3 Å². The first-order valence-electron chi connectivity index (χ1n) is 6.19. The summed E-state index contributed by atoms with van der Waals surface area (Å²) in [6.45, 7) is 2.00. The number of nitriles is 1. The second-order valence-electron chi connectivity index (χ2n) is 4.58. The van der Waals surface area contributed by atoms with Crippen LogP contribution in [0.15, 0.2) is 47.4 Å². The summed E-state index contributed by atoms with van der Waals surface area (Å²) < 4.78 is 0. The van der Waals surface area contributed by atoms with Gasteiger partial charge in [0.2, 0.25) is 0 Å². The van der Waals surface area contributed by atoms with E-state index in [1.54, 1.807) is 12.3 Å². The Kier molecular flexibility index (Phi) is 2.81. The van der Waals surface area contributed by atoms with E-state index in [-0.39, 0.29) is 11.3 Å². The SMILES string of the molecule is Cc1ccc(-c2c(C#N)[nH]c(=O)c3ncccc23)cc1. The Bertz CT molecular complexity index is 886. The number of nitrogens with zero attached hydrogens (tertiary/aromatic N) is 2. The normalized spacial score (nSPS) is 10.4. The molecule has 4 nitrogen and oxygen atoms in total. The standard InChI is InChI=1S/C16H11N3O/c1-10-4-6-11(7-5-10)14-12-3-2-8-18-15(12)16(20)19-13(14)9-17/h2-8H,1H3,(H,19,20). The third-order valence-electron chi connectivity index (χ3n) is 3.23. The summed E-state index contributed by atoms with van der Waals surface area (Å²) in [6.07, 6.45) is 1.57. The van der Waals surface area contributed by atoms with E-state index in [1.165, 1.54) is 0 Å². The zero-order valence-corrected chi connectivity index (χ0v) is 10.8. The Morgan fingerprint density at radius 3 is 2.65 bits per heavy atom. The Labute approximate surface area is 115 Å². The molecule has 2 aromatic heterocycles. The molecule has 3 aromatic rings. The molecule has 0 fully saturated rings. The van der Waals surface area contributed by atoms with Crippen LogP contribution in [0.25, 0.3) is 22.0 Å². The van der Waals surface area contributed by atoms with Crippen LogP contribution >= 0.6 is 0 Å². The first-order chi connectivity index (χ1) is 9.70. The third-order valence-corrected chi connectivity index (χ3v) is 3.23. The molecule has 0 bridgehead atoms. The van der Waals surface area contributed by atoms with Crippen LogP contribution in [0.4, 0.5) is 0 Å². The van der Waals surface area contributed by atoms with E-state index < -0.39 is 0 Å². The fraction of sp³-hybridized carbons (Fsp3) is 0.0625. The fourth-order valence-electron chi connectivity index (χ4n) is 2.26. The molecular weight excluding hydrogens is 250 g/mol. The number of rotatable bonds is 1. The number of pyridine rings is 2. The molecule has 0 spiro atoms. The lowest BCUT2D eigenvalue weighted by atomic mass is 9.99. The predicted molar refractivity (Wildman–Crippen MR) is 77.3 cm³/mol. The van der Waals surface area contributed by atoms with Crippen molar-refractivity contribution in [2.75, 3.05) is 0 Å². The number of fused-ring (bicyclic) bond motifs is 1. The van der Waals surface area contributed by atoms with Gasteiger partial charge in [-0.1, -0.05) is 35.9 Å². The van der Waals surface area contributed by atoms with Crippen molar-refractivity contribution in [3.05, 3.63) is 64.2 Å². The van der Waals surface area contributed by atoms with Gasteiger partial charge in [0.25, 0.3) is 5.56 Å². The number of hydrogen-bond acceptors (Lipinski definition) is 3. The van der Waals surface area contributed by atoms with Gasteiger partial charge >= 0.3 is 0 Å². The summed E-state index contributed by atoms with van der Waals surface area (Å²) in [5.74, 6) is 0. The Balaban J connectivity index is 2.45. The van der Waals surface area contributed by atoms with E-state index in [9.17, 15) is 10.1 Å². The lowest BCUT2D eigenvalue weighted by molar-refractivity contribution is 1.20. The highest BCUT2D eigenvalue weighted by Gasteiger charge is 2.13. The summed E-state index contributed by atoms with van der Waals surface area (Å²) >= 11 is 0. The van der Waals surface area contributed by atoms with E-state index in [2.05, 4.69) is 16.0 Å². The van der Waals surface area contributed by atoms with E-state index in [0.29, 0.717) is 10.9 Å². The van der Waals surface area contributed by atoms with E-state index in [1.807, 2.05) is 37.3 Å². The van der Waals surface area contributed by atoms with E-state index in [4.69, 9.17) is 0 Å². The van der Waals surface area contributed by atoms with Crippen molar-refractivity contribution in [2.45, 2.75) is 6.92 Å². The molecule has 0 aliphatic heterocycles. The molecule has 2 heterocycles. The largest absolute Gasteiger partial charge is 0.311 e. The average molecular weight is 261 g/mol. The molecule has 0 aliphatic rings. The zero-order valence-electron chi connectivity index (χ0n) is 10.8. The van der Waals surface area contributed by atoms with Crippen LogP contribution in [0.2, 0.25) is 0 Å². The molecular formula is C16H11N3O. The number of hydrogen-bond donors (Lipinski definition) is 1. The van der Waals surface area contributed by atoms with Crippen molar-refractivity contribution in [2.24, 2.45) is 0 Å². The van der Waals surface area contributed by atoms with Crippen LogP contribution in [0.3, 0.4) is 0 Å². The van der Waals surface area contributed by atoms with Gasteiger partial charge in [-0.25, -0.2) is 0 Å². The minimum Gasteiger partial charge on any atom is -0.311 e. The van der Waals surface area contributed by atoms with Gasteiger partial charge in [-0.2, -0.15) is 5.26 Å². The molecule has 4 heteroatoms. The Morgan fingerprint density at radius 2 is 1.95 bits per heavy atom. The van der Waals surface area contributed by atoms with E-state index >= 15 is 0 Å². The summed E-state index contributed by atoms with van der Waals surface area (Å²) in [5.41, 5.74) is 3.02. The van der Waals surface area contributed by atoms with Gasteiger partial charge < -0.3 is 4.98 Å². The first-order valence-corrected chi connectivity index (χ1v) is 6.19. The van der Waals surface area contributed by atoms with Gasteiger partial charge in [0.15, 0.2) is 0 Å². The van der Waals surface area contributed by atoms with Crippen molar-refractivity contribution in [1.82, 2.24) is 9.97 Å². The minimum atomic E-state index is -0.340. The Morgan fingerprint density at radius 1 is 1.20 bits per heavy atom. The maximum atomic E-state index is 11.9. The molecule has 0 radical (unpaired) electrons. The highest BCUT2D eigenvalue weighted by atomic mass is 16.1. The molecule has 0 aliphatic carbocycles. The van der Waals surface area contributed by atoms with Gasteiger partial charge in [0, 0.05) is 17.1 Å². The molecule has 0 atom stereocenters. The van der Waals surface area contributed by atoms with Crippen molar-refractivity contribution < 1.29 is 0 Å². The number of benzene rings is 1. The number of nitrogens with one attached hydrogen (secondary N) is 1. The third kappa shape index (κ3) is 1.86. The molecule has 1 aromatic carbocycles. The van der Waals surface area contributed by atoms with Gasteiger partial charge in [-0.05, 0) is 18.6 Å². The summed E-state index contributed by atoms with van der Waals surface area (Å²) in [4.78, 5) is 18.6. The quantitative estimate of drug-likeness (QED) is 0.732. The van der Waals surface area contributed by atoms with Crippen LogP contribution in [-0.2, 0) is 0 Å². The molecule has 0 saturated heterocycles. The summed E-state index contributed by atoms with van der Waals surface area (Å²) in [6, 6.07) is 13.5. The zero-order chi connectivity index (χ0) is 14.1. The highest BCUT2D eigenvalue weighted by Crippen LogP contribution is 2.28. The van der Waals surface area contributed by atoms with Gasteiger partial charge in [-0.15, -0.1) is 0 Å². The smallest absolute Gasteiger partial charge is 0.275 e. The number of aromatic nitrogens is 2. The molecule has 3 rings (SSSR count). The monoisotopic (exact) mass is 261 g/mol. The van der Waals surface area contributed by atoms with Gasteiger partial charge in [0.05, 0.1) is 0 Å². The topological polar surface area (TPSA) is 69.5 Å². The molecule has 1 N–H and O–H groups in total. The molecule has 0 saturated carbocycles.